The van der Waals surface area contributed by atoms with E-state index >= 15 is 0 Å². The third-order valence-corrected chi connectivity index (χ3v) is 5.27. The topological polar surface area (TPSA) is 34.4 Å². The van der Waals surface area contributed by atoms with E-state index in [0.29, 0.717) is 0 Å². The summed E-state index contributed by atoms with van der Waals surface area (Å²) in [5.74, 6) is 1.68. The highest BCUT2D eigenvalue weighted by Crippen LogP contribution is 2.23. The van der Waals surface area contributed by atoms with Crippen LogP contribution in [0.3, 0.4) is 0 Å². The first-order valence-corrected chi connectivity index (χ1v) is 9.23. The van der Waals surface area contributed by atoms with Crippen LogP contribution >= 0.6 is 11.8 Å². The molecule has 1 aromatic carbocycles. The van der Waals surface area contributed by atoms with E-state index < -0.39 is 0 Å². The number of aryl methyl sites for hydroxylation is 4. The van der Waals surface area contributed by atoms with Crippen molar-refractivity contribution < 1.29 is 0 Å². The number of benzene rings is 1. The number of rotatable bonds is 4. The standard InChI is InChI=1S/C20H22N2OS/c1-13-8-15(3)18(16(4)9-13)12-24-11-17-10-19(23)22-7-5-6-14(2)20(22)21-17/h5-10H,11-12H2,1-4H3. The normalized spacial score (nSPS) is 11.2. The summed E-state index contributed by atoms with van der Waals surface area (Å²) in [4.78, 5) is 16.9. The van der Waals surface area contributed by atoms with Crippen LogP contribution in [-0.4, -0.2) is 9.38 Å². The van der Waals surface area contributed by atoms with Gasteiger partial charge in [0.2, 0.25) is 0 Å². The fourth-order valence-corrected chi connectivity index (χ4v) is 4.20. The fourth-order valence-electron chi connectivity index (χ4n) is 3.08. The van der Waals surface area contributed by atoms with Gasteiger partial charge in [0.05, 0.1) is 5.69 Å². The van der Waals surface area contributed by atoms with Crippen molar-refractivity contribution in [3.63, 3.8) is 0 Å². The van der Waals surface area contributed by atoms with E-state index in [1.807, 2.05) is 19.1 Å². The number of hydrogen-bond acceptors (Lipinski definition) is 3. The largest absolute Gasteiger partial charge is 0.269 e. The molecule has 0 atom stereocenters. The second kappa shape index (κ2) is 6.81. The van der Waals surface area contributed by atoms with Gasteiger partial charge < -0.3 is 0 Å². The average Bonchev–Trinajstić information content (AvgIpc) is 2.51. The summed E-state index contributed by atoms with van der Waals surface area (Å²) in [7, 11) is 0. The van der Waals surface area contributed by atoms with Gasteiger partial charge >= 0.3 is 0 Å². The Labute approximate surface area is 146 Å². The smallest absolute Gasteiger partial charge is 0.258 e. The van der Waals surface area contributed by atoms with Crippen molar-refractivity contribution in [2.45, 2.75) is 39.2 Å². The van der Waals surface area contributed by atoms with Crippen LogP contribution in [0.1, 0.15) is 33.5 Å². The maximum absolute atomic E-state index is 12.2. The Morgan fingerprint density at radius 1 is 1.00 bits per heavy atom. The quantitative estimate of drug-likeness (QED) is 0.709. The highest BCUT2D eigenvalue weighted by Gasteiger charge is 2.07. The molecule has 2 aromatic heterocycles. The van der Waals surface area contributed by atoms with E-state index in [9.17, 15) is 4.79 Å². The molecule has 0 bridgehead atoms. The number of aromatic nitrogens is 2. The molecule has 0 unspecified atom stereocenters. The lowest BCUT2D eigenvalue weighted by atomic mass is 10.0. The molecule has 3 aromatic rings. The van der Waals surface area contributed by atoms with Crippen LogP contribution in [-0.2, 0) is 11.5 Å². The molecule has 3 rings (SSSR count). The molecule has 0 fully saturated rings. The second-order valence-corrected chi connectivity index (χ2v) is 7.33. The van der Waals surface area contributed by atoms with Gasteiger partial charge in [0.15, 0.2) is 0 Å². The molecule has 0 amide bonds. The van der Waals surface area contributed by atoms with E-state index in [1.165, 1.54) is 22.3 Å². The van der Waals surface area contributed by atoms with Crippen molar-refractivity contribution >= 4 is 17.4 Å². The minimum atomic E-state index is -0.0120. The first-order valence-electron chi connectivity index (χ1n) is 8.08. The van der Waals surface area contributed by atoms with Gasteiger partial charge in [-0.2, -0.15) is 11.8 Å². The molecular formula is C20H22N2OS. The molecule has 0 aliphatic carbocycles. The predicted octanol–water partition coefficient (Wildman–Crippen LogP) is 4.36. The molecule has 0 spiro atoms. The molecular weight excluding hydrogens is 316 g/mol. The van der Waals surface area contributed by atoms with Gasteiger partial charge in [0, 0.05) is 23.8 Å². The minimum absolute atomic E-state index is 0.0120. The SMILES string of the molecule is Cc1cc(C)c(CSCc2cc(=O)n3cccc(C)c3n2)c(C)c1. The number of hydrogen-bond donors (Lipinski definition) is 0. The van der Waals surface area contributed by atoms with Crippen LogP contribution in [0.15, 0.2) is 41.3 Å². The molecule has 0 aliphatic rings. The third-order valence-electron chi connectivity index (χ3n) is 4.28. The molecule has 124 valence electrons. The Bertz CT molecular complexity index is 936. The summed E-state index contributed by atoms with van der Waals surface area (Å²) in [6.07, 6.45) is 1.77. The Morgan fingerprint density at radius 3 is 2.42 bits per heavy atom. The number of nitrogens with zero attached hydrogens (tertiary/aromatic N) is 2. The van der Waals surface area contributed by atoms with Crippen LogP contribution in [0.2, 0.25) is 0 Å². The predicted molar refractivity (Wildman–Crippen MR) is 102 cm³/mol. The zero-order chi connectivity index (χ0) is 17.3. The molecule has 24 heavy (non-hydrogen) atoms. The summed E-state index contributed by atoms with van der Waals surface area (Å²) in [5, 5.41) is 0. The summed E-state index contributed by atoms with van der Waals surface area (Å²) in [5.41, 5.74) is 7.97. The monoisotopic (exact) mass is 338 g/mol. The fraction of sp³-hybridized carbons (Fsp3) is 0.300. The van der Waals surface area contributed by atoms with Crippen molar-refractivity contribution in [2.75, 3.05) is 0 Å². The van der Waals surface area contributed by atoms with Gasteiger partial charge in [-0.25, -0.2) is 4.98 Å². The van der Waals surface area contributed by atoms with Crippen molar-refractivity contribution in [1.29, 1.82) is 0 Å². The lowest BCUT2D eigenvalue weighted by molar-refractivity contribution is 1.000. The Hall–Kier alpha value is -2.07. The van der Waals surface area contributed by atoms with Gasteiger partial charge in [-0.3, -0.25) is 9.20 Å². The molecule has 0 saturated heterocycles. The highest BCUT2D eigenvalue weighted by atomic mass is 32.2. The van der Waals surface area contributed by atoms with Crippen LogP contribution in [0.5, 0.6) is 0 Å². The van der Waals surface area contributed by atoms with Gasteiger partial charge in [-0.05, 0) is 56.0 Å². The van der Waals surface area contributed by atoms with E-state index in [1.54, 1.807) is 28.4 Å². The summed E-state index contributed by atoms with van der Waals surface area (Å²) in [6, 6.07) is 9.97. The van der Waals surface area contributed by atoms with Crippen molar-refractivity contribution in [1.82, 2.24) is 9.38 Å². The van der Waals surface area contributed by atoms with Crippen LogP contribution in [0.4, 0.5) is 0 Å². The lowest BCUT2D eigenvalue weighted by Crippen LogP contribution is -2.15. The van der Waals surface area contributed by atoms with Crippen molar-refractivity contribution in [2.24, 2.45) is 0 Å². The summed E-state index contributed by atoms with van der Waals surface area (Å²) in [6.45, 7) is 8.45. The van der Waals surface area contributed by atoms with Crippen LogP contribution in [0.25, 0.3) is 5.65 Å². The molecule has 0 N–H and O–H groups in total. The summed E-state index contributed by atoms with van der Waals surface area (Å²) >= 11 is 1.81. The van der Waals surface area contributed by atoms with Crippen LogP contribution in [0, 0.1) is 27.7 Å². The Morgan fingerprint density at radius 2 is 1.71 bits per heavy atom. The molecule has 0 aliphatic heterocycles. The molecule has 0 saturated carbocycles. The van der Waals surface area contributed by atoms with E-state index in [4.69, 9.17) is 0 Å². The van der Waals surface area contributed by atoms with Gasteiger partial charge in [-0.1, -0.05) is 23.8 Å². The maximum atomic E-state index is 12.2. The Balaban J connectivity index is 1.80. The highest BCUT2D eigenvalue weighted by molar-refractivity contribution is 7.97. The zero-order valence-corrected chi connectivity index (χ0v) is 15.4. The molecule has 2 heterocycles. The molecule has 3 nitrogen and oxygen atoms in total. The van der Waals surface area contributed by atoms with Crippen molar-refractivity contribution in [3.8, 4) is 0 Å². The zero-order valence-electron chi connectivity index (χ0n) is 14.6. The van der Waals surface area contributed by atoms with Crippen LogP contribution < -0.4 is 5.56 Å². The first kappa shape index (κ1) is 16.8. The third kappa shape index (κ3) is 3.39. The van der Waals surface area contributed by atoms with Gasteiger partial charge in [0.25, 0.3) is 5.56 Å². The van der Waals surface area contributed by atoms with Crippen molar-refractivity contribution in [3.05, 3.63) is 80.4 Å². The minimum Gasteiger partial charge on any atom is -0.269 e. The lowest BCUT2D eigenvalue weighted by Gasteiger charge is -2.11. The summed E-state index contributed by atoms with van der Waals surface area (Å²) < 4.78 is 1.61. The van der Waals surface area contributed by atoms with E-state index in [2.05, 4.69) is 37.9 Å². The Kier molecular flexibility index (Phi) is 4.76. The van der Waals surface area contributed by atoms with E-state index in [0.717, 1.165) is 28.4 Å². The second-order valence-electron chi connectivity index (χ2n) is 6.34. The van der Waals surface area contributed by atoms with Gasteiger partial charge in [-0.15, -0.1) is 0 Å². The van der Waals surface area contributed by atoms with E-state index in [-0.39, 0.29) is 5.56 Å². The molecule has 0 radical (unpaired) electrons. The number of fused-ring (bicyclic) bond motifs is 1. The van der Waals surface area contributed by atoms with Gasteiger partial charge in [0.1, 0.15) is 5.65 Å². The molecule has 4 heteroatoms. The number of thioether (sulfide) groups is 1. The average molecular weight is 338 g/mol. The maximum Gasteiger partial charge on any atom is 0.258 e. The number of pyridine rings is 1. The first-order chi connectivity index (χ1) is 11.5.